The van der Waals surface area contributed by atoms with Crippen molar-refractivity contribution in [1.29, 1.82) is 0 Å². The molecule has 3 rings (SSSR count). The number of rotatable bonds is 5. The van der Waals surface area contributed by atoms with Gasteiger partial charge in [0.2, 0.25) is 0 Å². The quantitative estimate of drug-likeness (QED) is 0.410. The van der Waals surface area contributed by atoms with Crippen molar-refractivity contribution in [1.82, 2.24) is 0 Å². The molecule has 0 saturated heterocycles. The number of methoxy groups -OCH3 is 1. The number of halogens is 3. The molecule has 2 aromatic carbocycles. The molecule has 0 atom stereocenters. The number of hydrogen-bond donors (Lipinski definition) is 2. The zero-order valence-electron chi connectivity index (χ0n) is 15.2. The molecular weight excluding hydrogens is 457 g/mol. The van der Waals surface area contributed by atoms with Gasteiger partial charge in [-0.25, -0.2) is 4.79 Å². The topological polar surface area (TPSA) is 75.6 Å². The fourth-order valence-electron chi connectivity index (χ4n) is 2.70. The van der Waals surface area contributed by atoms with E-state index in [0.717, 1.165) is 11.1 Å². The highest BCUT2D eigenvalue weighted by Crippen LogP contribution is 2.41. The second-order valence-corrected chi connectivity index (χ2v) is 8.09. The predicted octanol–water partition coefficient (Wildman–Crippen LogP) is 6.64. The summed E-state index contributed by atoms with van der Waals surface area (Å²) in [6, 6.07) is 8.76. The minimum Gasteiger partial charge on any atom is -0.494 e. The lowest BCUT2D eigenvalue weighted by molar-refractivity contribution is 0.0699. The van der Waals surface area contributed by atoms with Gasteiger partial charge in [0.1, 0.15) is 10.6 Å². The minimum atomic E-state index is -1.16. The minimum absolute atomic E-state index is 0.00175. The first-order valence-electron chi connectivity index (χ1n) is 8.19. The molecule has 0 radical (unpaired) electrons. The number of ether oxygens (including phenoxy) is 1. The van der Waals surface area contributed by atoms with Crippen LogP contribution in [0.25, 0.3) is 10.4 Å². The molecule has 1 heterocycles. The normalized spacial score (nSPS) is 10.7. The zero-order chi connectivity index (χ0) is 21.3. The number of amides is 1. The van der Waals surface area contributed by atoms with Crippen molar-refractivity contribution in [2.45, 2.75) is 6.92 Å². The van der Waals surface area contributed by atoms with Crippen molar-refractivity contribution in [2.75, 3.05) is 12.4 Å². The molecule has 0 bridgehead atoms. The molecule has 2 N–H and O–H groups in total. The highest BCUT2D eigenvalue weighted by Gasteiger charge is 2.24. The Morgan fingerprint density at radius 3 is 2.34 bits per heavy atom. The molecule has 0 saturated carbocycles. The highest BCUT2D eigenvalue weighted by molar-refractivity contribution is 7.14. The van der Waals surface area contributed by atoms with Crippen molar-refractivity contribution in [3.63, 3.8) is 0 Å². The molecule has 1 aromatic heterocycles. The molecule has 0 aliphatic carbocycles. The summed E-state index contributed by atoms with van der Waals surface area (Å²) in [6.07, 6.45) is 0. The van der Waals surface area contributed by atoms with Crippen LogP contribution in [0.1, 0.15) is 26.3 Å². The number of hydrogen-bond acceptors (Lipinski definition) is 4. The van der Waals surface area contributed by atoms with E-state index in [1.165, 1.54) is 24.5 Å². The van der Waals surface area contributed by atoms with Gasteiger partial charge in [0.05, 0.1) is 33.3 Å². The van der Waals surface area contributed by atoms with E-state index >= 15 is 0 Å². The van der Waals surface area contributed by atoms with Gasteiger partial charge < -0.3 is 15.2 Å². The van der Waals surface area contributed by atoms with E-state index in [-0.39, 0.29) is 37.6 Å². The average molecular weight is 471 g/mol. The van der Waals surface area contributed by atoms with Gasteiger partial charge >= 0.3 is 5.97 Å². The van der Waals surface area contributed by atoms with Crippen LogP contribution in [0.3, 0.4) is 0 Å². The number of carboxylic acids is 1. The van der Waals surface area contributed by atoms with E-state index < -0.39 is 11.9 Å². The number of thiophene rings is 1. The molecule has 0 aliphatic rings. The number of aryl methyl sites for hydroxylation is 1. The second-order valence-electron chi connectivity index (χ2n) is 6.05. The third kappa shape index (κ3) is 4.21. The van der Waals surface area contributed by atoms with Crippen LogP contribution in [0.15, 0.2) is 35.7 Å². The van der Waals surface area contributed by atoms with E-state index in [9.17, 15) is 14.7 Å². The number of anilines is 1. The molecule has 1 amide bonds. The maximum absolute atomic E-state index is 12.8. The van der Waals surface area contributed by atoms with Gasteiger partial charge in [-0.1, -0.05) is 64.6 Å². The van der Waals surface area contributed by atoms with Crippen LogP contribution in [-0.4, -0.2) is 24.1 Å². The summed E-state index contributed by atoms with van der Waals surface area (Å²) < 4.78 is 5.06. The summed E-state index contributed by atoms with van der Waals surface area (Å²) in [5, 5.41) is 13.9. The van der Waals surface area contributed by atoms with E-state index in [1.54, 1.807) is 5.38 Å². The molecule has 9 heteroatoms. The Labute approximate surface area is 185 Å². The first kappa shape index (κ1) is 21.5. The van der Waals surface area contributed by atoms with Crippen LogP contribution >= 0.6 is 46.1 Å². The number of benzene rings is 2. The third-order valence-electron chi connectivity index (χ3n) is 4.13. The largest absolute Gasteiger partial charge is 0.494 e. The first-order valence-corrected chi connectivity index (χ1v) is 10.2. The van der Waals surface area contributed by atoms with Crippen LogP contribution in [0.4, 0.5) is 5.69 Å². The smallest absolute Gasteiger partial charge is 0.339 e. The summed E-state index contributed by atoms with van der Waals surface area (Å²) in [6.45, 7) is 1.94. The van der Waals surface area contributed by atoms with Crippen molar-refractivity contribution < 1.29 is 19.4 Å². The lowest BCUT2D eigenvalue weighted by Gasteiger charge is -2.12. The van der Waals surface area contributed by atoms with Gasteiger partial charge in [-0.2, -0.15) is 0 Å². The lowest BCUT2D eigenvalue weighted by Crippen LogP contribution is -2.15. The maximum Gasteiger partial charge on any atom is 0.339 e. The molecular formula is C20H14Cl3NO4S. The Hall–Kier alpha value is -2.25. The number of carboxylic acid groups (broad SMARTS) is 1. The van der Waals surface area contributed by atoms with Gasteiger partial charge in [0.15, 0.2) is 5.75 Å². The van der Waals surface area contributed by atoms with Gasteiger partial charge in [0.25, 0.3) is 5.91 Å². The third-order valence-corrected chi connectivity index (χ3v) is 6.29. The number of carbonyl (C=O) groups is 2. The molecule has 150 valence electrons. The van der Waals surface area contributed by atoms with Crippen molar-refractivity contribution in [3.8, 4) is 16.2 Å². The van der Waals surface area contributed by atoms with Crippen molar-refractivity contribution in [2.24, 2.45) is 0 Å². The van der Waals surface area contributed by atoms with E-state index in [1.807, 2.05) is 31.2 Å². The summed E-state index contributed by atoms with van der Waals surface area (Å²) in [4.78, 5) is 25.2. The first-order chi connectivity index (χ1) is 13.7. The Balaban J connectivity index is 2.00. The van der Waals surface area contributed by atoms with Crippen LogP contribution in [0.2, 0.25) is 15.1 Å². The summed E-state index contributed by atoms with van der Waals surface area (Å²) in [7, 11) is 1.38. The molecule has 0 unspecified atom stereocenters. The maximum atomic E-state index is 12.8. The Bertz CT molecular complexity index is 1110. The Morgan fingerprint density at radius 2 is 1.76 bits per heavy atom. The lowest BCUT2D eigenvalue weighted by atomic mass is 10.1. The highest BCUT2D eigenvalue weighted by atomic mass is 35.5. The number of carbonyl (C=O) groups excluding carboxylic acids is 1. The van der Waals surface area contributed by atoms with Gasteiger partial charge in [-0.3, -0.25) is 4.79 Å². The van der Waals surface area contributed by atoms with Crippen LogP contribution in [0, 0.1) is 6.92 Å². The van der Waals surface area contributed by atoms with E-state index in [2.05, 4.69) is 5.32 Å². The standard InChI is InChI=1S/C20H14Cl3NO4S/c1-9-3-5-10(6-4-9)18-14(20(26)27)13(8-29-18)24-19(25)11-7-12(21)17(28-2)16(23)15(11)22/h3-8H,1-2H3,(H,24,25)(H,26,27). The summed E-state index contributed by atoms with van der Waals surface area (Å²) in [5.41, 5.74) is 1.95. The molecule has 0 spiro atoms. The molecule has 0 fully saturated rings. The predicted molar refractivity (Wildman–Crippen MR) is 117 cm³/mol. The number of nitrogens with one attached hydrogen (secondary N) is 1. The van der Waals surface area contributed by atoms with Gasteiger partial charge in [-0.15, -0.1) is 11.3 Å². The summed E-state index contributed by atoms with van der Waals surface area (Å²) >= 11 is 19.6. The molecule has 0 aliphatic heterocycles. The number of aromatic carboxylic acids is 1. The van der Waals surface area contributed by atoms with Crippen LogP contribution < -0.4 is 10.1 Å². The van der Waals surface area contributed by atoms with Crippen molar-refractivity contribution >= 4 is 63.7 Å². The summed E-state index contributed by atoms with van der Waals surface area (Å²) in [5.74, 6) is -1.65. The van der Waals surface area contributed by atoms with Gasteiger partial charge in [-0.05, 0) is 18.6 Å². The van der Waals surface area contributed by atoms with E-state index in [0.29, 0.717) is 4.88 Å². The second kappa shape index (κ2) is 8.63. The fraction of sp³-hybridized carbons (Fsp3) is 0.100. The average Bonchev–Trinajstić information content (AvgIpc) is 3.09. The van der Waals surface area contributed by atoms with Crippen LogP contribution in [0.5, 0.6) is 5.75 Å². The monoisotopic (exact) mass is 469 g/mol. The van der Waals surface area contributed by atoms with Crippen LogP contribution in [-0.2, 0) is 0 Å². The fourth-order valence-corrected chi connectivity index (χ4v) is 4.54. The molecule has 3 aromatic rings. The van der Waals surface area contributed by atoms with Crippen molar-refractivity contribution in [3.05, 3.63) is 67.5 Å². The van der Waals surface area contributed by atoms with E-state index in [4.69, 9.17) is 39.5 Å². The van der Waals surface area contributed by atoms with Gasteiger partial charge in [0, 0.05) is 5.38 Å². The Kier molecular flexibility index (Phi) is 6.39. The SMILES string of the molecule is COc1c(Cl)cc(C(=O)Nc2csc(-c3ccc(C)cc3)c2C(=O)O)c(Cl)c1Cl. The molecule has 5 nitrogen and oxygen atoms in total. The zero-order valence-corrected chi connectivity index (χ0v) is 18.3. The Morgan fingerprint density at radius 1 is 1.10 bits per heavy atom. The molecule has 29 heavy (non-hydrogen) atoms.